The van der Waals surface area contributed by atoms with Crippen LogP contribution in [0.2, 0.25) is 0 Å². The fourth-order valence-corrected chi connectivity index (χ4v) is 0.913. The Kier molecular flexibility index (Phi) is 0.859. The zero-order valence-corrected chi connectivity index (χ0v) is 4.95. The number of nitrogens with zero attached hydrogens (tertiary/aromatic N) is 1. The summed E-state index contributed by atoms with van der Waals surface area (Å²) >= 11 is 0. The zero-order chi connectivity index (χ0) is 6.10. The summed E-state index contributed by atoms with van der Waals surface area (Å²) in [6.45, 7) is 0.698. The minimum absolute atomic E-state index is 0.698. The van der Waals surface area contributed by atoms with Crippen molar-refractivity contribution >= 4 is 6.20 Å². The van der Waals surface area contributed by atoms with E-state index in [-0.39, 0.29) is 0 Å². The molecule has 1 aromatic heterocycles. The number of rotatable bonds is 0. The summed E-state index contributed by atoms with van der Waals surface area (Å²) in [6.07, 6.45) is 5.94. The second kappa shape index (κ2) is 1.65. The first-order valence-corrected chi connectivity index (χ1v) is 2.93. The molecule has 0 unspecified atom stereocenters. The van der Waals surface area contributed by atoms with E-state index >= 15 is 0 Å². The van der Waals surface area contributed by atoms with Gasteiger partial charge in [0.05, 0.1) is 0 Å². The SMILES string of the molecule is C1=Cn2cccc2OC1. The van der Waals surface area contributed by atoms with Gasteiger partial charge < -0.3 is 4.74 Å². The lowest BCUT2D eigenvalue weighted by Gasteiger charge is -2.08. The fourth-order valence-electron chi connectivity index (χ4n) is 0.913. The molecule has 0 N–H and O–H groups in total. The third-order valence-corrected chi connectivity index (χ3v) is 1.33. The molecule has 2 nitrogen and oxygen atoms in total. The van der Waals surface area contributed by atoms with E-state index in [1.54, 1.807) is 0 Å². The molecule has 0 radical (unpaired) electrons. The predicted octanol–water partition coefficient (Wildman–Crippen LogP) is 1.35. The van der Waals surface area contributed by atoms with E-state index in [9.17, 15) is 0 Å². The van der Waals surface area contributed by atoms with Crippen LogP contribution in [0.1, 0.15) is 0 Å². The highest BCUT2D eigenvalue weighted by Crippen LogP contribution is 2.14. The monoisotopic (exact) mass is 121 g/mol. The predicted molar refractivity (Wildman–Crippen MR) is 35.3 cm³/mol. The number of hydrogen-bond donors (Lipinski definition) is 0. The molecular formula is C7H7NO. The van der Waals surface area contributed by atoms with Crippen molar-refractivity contribution in [2.75, 3.05) is 6.61 Å². The van der Waals surface area contributed by atoms with Crippen LogP contribution in [0, 0.1) is 0 Å². The van der Waals surface area contributed by atoms with Crippen molar-refractivity contribution in [3.8, 4) is 5.88 Å². The molecule has 0 bridgehead atoms. The summed E-state index contributed by atoms with van der Waals surface area (Å²) in [5.41, 5.74) is 0. The van der Waals surface area contributed by atoms with Crippen LogP contribution in [0.25, 0.3) is 6.20 Å². The van der Waals surface area contributed by atoms with Gasteiger partial charge >= 0.3 is 0 Å². The van der Waals surface area contributed by atoms with Crippen molar-refractivity contribution in [1.82, 2.24) is 4.57 Å². The molecule has 0 atom stereocenters. The van der Waals surface area contributed by atoms with Crippen molar-refractivity contribution in [2.24, 2.45) is 0 Å². The fraction of sp³-hybridized carbons (Fsp3) is 0.143. The molecule has 9 heavy (non-hydrogen) atoms. The Labute approximate surface area is 53.4 Å². The van der Waals surface area contributed by atoms with E-state index in [4.69, 9.17) is 4.74 Å². The molecule has 0 spiro atoms. The van der Waals surface area contributed by atoms with Crippen LogP contribution < -0.4 is 4.74 Å². The summed E-state index contributed by atoms with van der Waals surface area (Å²) in [5, 5.41) is 0. The van der Waals surface area contributed by atoms with Crippen molar-refractivity contribution in [1.29, 1.82) is 0 Å². The van der Waals surface area contributed by atoms with E-state index in [1.165, 1.54) is 0 Å². The Bertz CT molecular complexity index is 237. The first-order valence-electron chi connectivity index (χ1n) is 2.93. The maximum Gasteiger partial charge on any atom is 0.197 e. The van der Waals surface area contributed by atoms with Gasteiger partial charge in [0.15, 0.2) is 5.88 Å². The Morgan fingerprint density at radius 2 is 2.56 bits per heavy atom. The van der Waals surface area contributed by atoms with Gasteiger partial charge in [0.1, 0.15) is 6.61 Å². The Hall–Kier alpha value is -1.18. The summed E-state index contributed by atoms with van der Waals surface area (Å²) in [4.78, 5) is 0. The minimum atomic E-state index is 0.698. The molecule has 2 heterocycles. The maximum atomic E-state index is 5.24. The van der Waals surface area contributed by atoms with Gasteiger partial charge in [-0.25, -0.2) is 0 Å². The molecule has 0 amide bonds. The maximum absolute atomic E-state index is 5.24. The minimum Gasteiger partial charge on any atom is -0.474 e. The van der Waals surface area contributed by atoms with Gasteiger partial charge in [-0.1, -0.05) is 0 Å². The highest BCUT2D eigenvalue weighted by molar-refractivity contribution is 5.34. The normalized spacial score (nSPS) is 14.7. The third-order valence-electron chi connectivity index (χ3n) is 1.33. The largest absolute Gasteiger partial charge is 0.474 e. The molecule has 1 aliphatic rings. The number of ether oxygens (including phenoxy) is 1. The summed E-state index contributed by atoms with van der Waals surface area (Å²) in [6, 6.07) is 3.91. The van der Waals surface area contributed by atoms with E-state index in [1.807, 2.05) is 35.2 Å². The molecule has 0 fully saturated rings. The van der Waals surface area contributed by atoms with E-state index < -0.39 is 0 Å². The molecular weight excluding hydrogens is 114 g/mol. The van der Waals surface area contributed by atoms with Crippen LogP contribution in [0.15, 0.2) is 24.4 Å². The number of hydrogen-bond acceptors (Lipinski definition) is 1. The second-order valence-corrected chi connectivity index (χ2v) is 1.95. The van der Waals surface area contributed by atoms with Crippen LogP contribution in [-0.4, -0.2) is 11.2 Å². The molecule has 46 valence electrons. The zero-order valence-electron chi connectivity index (χ0n) is 4.95. The van der Waals surface area contributed by atoms with Gasteiger partial charge in [-0.05, 0) is 12.1 Å². The van der Waals surface area contributed by atoms with E-state index in [0.717, 1.165) is 5.88 Å². The molecule has 0 aromatic carbocycles. The molecule has 1 aromatic rings. The molecule has 1 aliphatic heterocycles. The molecule has 0 aliphatic carbocycles. The van der Waals surface area contributed by atoms with Crippen molar-refractivity contribution in [3.05, 3.63) is 24.4 Å². The lowest BCUT2D eigenvalue weighted by molar-refractivity contribution is 0.336. The van der Waals surface area contributed by atoms with Crippen LogP contribution in [-0.2, 0) is 0 Å². The molecule has 2 heteroatoms. The van der Waals surface area contributed by atoms with Crippen molar-refractivity contribution < 1.29 is 4.74 Å². The highest BCUT2D eigenvalue weighted by Gasteiger charge is 2.00. The van der Waals surface area contributed by atoms with Crippen molar-refractivity contribution in [2.45, 2.75) is 0 Å². The Balaban J connectivity index is 2.53. The smallest absolute Gasteiger partial charge is 0.197 e. The average Bonchev–Trinajstić information content (AvgIpc) is 2.33. The number of fused-ring (bicyclic) bond motifs is 1. The summed E-state index contributed by atoms with van der Waals surface area (Å²) in [5.74, 6) is 0.928. The van der Waals surface area contributed by atoms with Crippen LogP contribution in [0.3, 0.4) is 0 Å². The van der Waals surface area contributed by atoms with Gasteiger partial charge in [-0.15, -0.1) is 0 Å². The van der Waals surface area contributed by atoms with Gasteiger partial charge in [0.25, 0.3) is 0 Å². The first kappa shape index (κ1) is 4.68. The van der Waals surface area contributed by atoms with Gasteiger partial charge in [0.2, 0.25) is 0 Å². The van der Waals surface area contributed by atoms with Gasteiger partial charge in [0, 0.05) is 18.5 Å². The van der Waals surface area contributed by atoms with Gasteiger partial charge in [-0.2, -0.15) is 0 Å². The Morgan fingerprint density at radius 3 is 3.44 bits per heavy atom. The van der Waals surface area contributed by atoms with Gasteiger partial charge in [-0.3, -0.25) is 4.57 Å². The lowest BCUT2D eigenvalue weighted by Crippen LogP contribution is -2.02. The van der Waals surface area contributed by atoms with Crippen LogP contribution in [0.5, 0.6) is 5.88 Å². The summed E-state index contributed by atoms with van der Waals surface area (Å²) < 4.78 is 7.19. The standard InChI is InChI=1S/C7H7NO/c1-3-7-8(4-1)5-2-6-9-7/h1-5H,6H2. The third kappa shape index (κ3) is 0.633. The quantitative estimate of drug-likeness (QED) is 0.505. The average molecular weight is 121 g/mol. The highest BCUT2D eigenvalue weighted by atomic mass is 16.5. The van der Waals surface area contributed by atoms with Crippen LogP contribution in [0.4, 0.5) is 0 Å². The molecule has 2 rings (SSSR count). The van der Waals surface area contributed by atoms with E-state index in [2.05, 4.69) is 0 Å². The Morgan fingerprint density at radius 1 is 1.56 bits per heavy atom. The van der Waals surface area contributed by atoms with Crippen molar-refractivity contribution in [3.63, 3.8) is 0 Å². The topological polar surface area (TPSA) is 14.2 Å². The molecule has 0 saturated carbocycles. The summed E-state index contributed by atoms with van der Waals surface area (Å²) in [7, 11) is 0. The lowest BCUT2D eigenvalue weighted by atomic mass is 10.6. The first-order chi connectivity index (χ1) is 4.47. The second-order valence-electron chi connectivity index (χ2n) is 1.95. The van der Waals surface area contributed by atoms with Crippen LogP contribution >= 0.6 is 0 Å². The van der Waals surface area contributed by atoms with E-state index in [0.29, 0.717) is 6.61 Å². The molecule has 0 saturated heterocycles. The number of aromatic nitrogens is 1.